The first kappa shape index (κ1) is 9.85. The third-order valence-electron chi connectivity index (χ3n) is 1.48. The van der Waals surface area contributed by atoms with E-state index in [4.69, 9.17) is 28.9 Å². The van der Waals surface area contributed by atoms with Crippen molar-refractivity contribution in [3.63, 3.8) is 0 Å². The van der Waals surface area contributed by atoms with Crippen molar-refractivity contribution in [2.24, 2.45) is 5.73 Å². The molecule has 0 aliphatic carbocycles. The highest BCUT2D eigenvalue weighted by Gasteiger charge is 2.01. The van der Waals surface area contributed by atoms with Gasteiger partial charge in [-0.05, 0) is 31.0 Å². The normalized spacial score (nSPS) is 13.0. The number of halogens is 2. The zero-order valence-electron chi connectivity index (χ0n) is 6.56. The van der Waals surface area contributed by atoms with Gasteiger partial charge in [0.2, 0.25) is 0 Å². The van der Waals surface area contributed by atoms with Gasteiger partial charge in [-0.1, -0.05) is 29.3 Å². The maximum absolute atomic E-state index is 5.80. The number of rotatable bonds is 2. The highest BCUT2D eigenvalue weighted by Crippen LogP contribution is 2.22. The van der Waals surface area contributed by atoms with Crippen molar-refractivity contribution in [3.05, 3.63) is 40.7 Å². The first-order valence-corrected chi connectivity index (χ1v) is 4.38. The molecule has 0 heterocycles. The molecule has 1 radical (unpaired) electrons. The molecule has 1 nitrogen and oxygen atoms in total. The molecule has 0 aromatic heterocycles. The molecular formula is C9H10Cl2N. The molecule has 0 aliphatic heterocycles. The van der Waals surface area contributed by atoms with Gasteiger partial charge in [-0.3, -0.25) is 0 Å². The van der Waals surface area contributed by atoms with Gasteiger partial charge in [0.1, 0.15) is 0 Å². The minimum absolute atomic E-state index is 0.0951. The zero-order valence-corrected chi connectivity index (χ0v) is 8.07. The Morgan fingerprint density at radius 2 is 2.00 bits per heavy atom. The molecule has 0 bridgehead atoms. The van der Waals surface area contributed by atoms with E-state index < -0.39 is 0 Å². The van der Waals surface area contributed by atoms with Crippen LogP contribution in [0.5, 0.6) is 0 Å². The van der Waals surface area contributed by atoms with Crippen LogP contribution in [-0.4, -0.2) is 6.04 Å². The highest BCUT2D eigenvalue weighted by atomic mass is 35.5. The van der Waals surface area contributed by atoms with Crippen molar-refractivity contribution in [2.75, 3.05) is 0 Å². The molecule has 1 atom stereocenters. The van der Waals surface area contributed by atoms with Crippen molar-refractivity contribution in [1.29, 1.82) is 0 Å². The van der Waals surface area contributed by atoms with Crippen LogP contribution in [0.3, 0.4) is 0 Å². The van der Waals surface area contributed by atoms with Gasteiger partial charge >= 0.3 is 0 Å². The van der Waals surface area contributed by atoms with Crippen LogP contribution < -0.4 is 5.73 Å². The molecule has 0 fully saturated rings. The van der Waals surface area contributed by atoms with Crippen molar-refractivity contribution in [3.8, 4) is 0 Å². The van der Waals surface area contributed by atoms with Gasteiger partial charge in [-0.25, -0.2) is 0 Å². The molecule has 0 saturated heterocycles. The Hall–Kier alpha value is -0.240. The van der Waals surface area contributed by atoms with Crippen molar-refractivity contribution in [2.45, 2.75) is 12.5 Å². The number of hydrogen-bond donors (Lipinski definition) is 1. The lowest BCUT2D eigenvalue weighted by Gasteiger charge is -2.05. The molecule has 3 heteroatoms. The lowest BCUT2D eigenvalue weighted by molar-refractivity contribution is 0.807. The van der Waals surface area contributed by atoms with Crippen LogP contribution >= 0.6 is 23.2 Å². The van der Waals surface area contributed by atoms with Gasteiger partial charge in [0.25, 0.3) is 0 Å². The summed E-state index contributed by atoms with van der Waals surface area (Å²) in [4.78, 5) is 0. The van der Waals surface area contributed by atoms with Crippen LogP contribution in [0.15, 0.2) is 18.2 Å². The van der Waals surface area contributed by atoms with Crippen LogP contribution in [0.25, 0.3) is 0 Å². The molecule has 1 aromatic carbocycles. The summed E-state index contributed by atoms with van der Waals surface area (Å²) in [5.41, 5.74) is 6.59. The topological polar surface area (TPSA) is 26.0 Å². The third-order valence-corrected chi connectivity index (χ3v) is 2.22. The van der Waals surface area contributed by atoms with E-state index in [-0.39, 0.29) is 6.04 Å². The van der Waals surface area contributed by atoms with Crippen LogP contribution in [-0.2, 0) is 6.42 Å². The SMILES string of the molecule is [CH2]C(N)Cc1ccc(Cl)c(Cl)c1. The average molecular weight is 203 g/mol. The first-order chi connectivity index (χ1) is 5.59. The van der Waals surface area contributed by atoms with Gasteiger partial charge in [0, 0.05) is 6.04 Å². The summed E-state index contributed by atoms with van der Waals surface area (Å²) < 4.78 is 0. The minimum atomic E-state index is -0.0951. The fourth-order valence-electron chi connectivity index (χ4n) is 0.969. The Morgan fingerprint density at radius 3 is 2.50 bits per heavy atom. The molecule has 1 aromatic rings. The number of nitrogens with two attached hydrogens (primary N) is 1. The second-order valence-electron chi connectivity index (χ2n) is 2.71. The number of hydrogen-bond acceptors (Lipinski definition) is 1. The van der Waals surface area contributed by atoms with Crippen LogP contribution in [0.4, 0.5) is 0 Å². The fraction of sp³-hybridized carbons (Fsp3) is 0.222. The van der Waals surface area contributed by atoms with E-state index in [1.165, 1.54) is 0 Å². The third kappa shape index (κ3) is 2.67. The maximum Gasteiger partial charge on any atom is 0.0595 e. The first-order valence-electron chi connectivity index (χ1n) is 3.62. The summed E-state index contributed by atoms with van der Waals surface area (Å²) in [6.07, 6.45) is 0.719. The van der Waals surface area contributed by atoms with E-state index in [9.17, 15) is 0 Å². The Bertz CT molecular complexity index is 271. The molecule has 65 valence electrons. The van der Waals surface area contributed by atoms with Crippen LogP contribution in [0.1, 0.15) is 5.56 Å². The maximum atomic E-state index is 5.80. The van der Waals surface area contributed by atoms with E-state index in [0.29, 0.717) is 10.0 Å². The van der Waals surface area contributed by atoms with Gasteiger partial charge in [-0.15, -0.1) is 0 Å². The van der Waals surface area contributed by atoms with Crippen LogP contribution in [0, 0.1) is 6.92 Å². The molecule has 12 heavy (non-hydrogen) atoms. The molecule has 2 N–H and O–H groups in total. The molecule has 0 amide bonds. The molecule has 0 aliphatic rings. The van der Waals surface area contributed by atoms with Crippen molar-refractivity contribution < 1.29 is 0 Å². The zero-order chi connectivity index (χ0) is 9.14. The lowest BCUT2D eigenvalue weighted by Crippen LogP contribution is -2.18. The summed E-state index contributed by atoms with van der Waals surface area (Å²) in [5, 5.41) is 1.13. The minimum Gasteiger partial charge on any atom is -0.327 e. The summed E-state index contributed by atoms with van der Waals surface area (Å²) in [6.45, 7) is 3.69. The fourth-order valence-corrected chi connectivity index (χ4v) is 1.29. The summed E-state index contributed by atoms with van der Waals surface area (Å²) in [5.74, 6) is 0. The van der Waals surface area contributed by atoms with E-state index in [2.05, 4.69) is 6.92 Å². The van der Waals surface area contributed by atoms with Gasteiger partial charge in [0.15, 0.2) is 0 Å². The standard InChI is InChI=1S/C9H10Cl2N/c1-6(12)4-7-2-3-8(10)9(11)5-7/h2-3,5-6H,1,4,12H2. The summed E-state index contributed by atoms with van der Waals surface area (Å²) in [7, 11) is 0. The summed E-state index contributed by atoms with van der Waals surface area (Å²) >= 11 is 11.5. The van der Waals surface area contributed by atoms with Gasteiger partial charge < -0.3 is 5.73 Å². The summed E-state index contributed by atoms with van der Waals surface area (Å²) in [6, 6.07) is 5.39. The lowest BCUT2D eigenvalue weighted by atomic mass is 10.1. The predicted octanol–water partition coefficient (Wildman–Crippen LogP) is 2.70. The highest BCUT2D eigenvalue weighted by molar-refractivity contribution is 6.42. The smallest absolute Gasteiger partial charge is 0.0595 e. The molecular weight excluding hydrogens is 193 g/mol. The Kier molecular flexibility index (Phi) is 3.39. The van der Waals surface area contributed by atoms with Crippen molar-refractivity contribution in [1.82, 2.24) is 0 Å². The van der Waals surface area contributed by atoms with Gasteiger partial charge in [-0.2, -0.15) is 0 Å². The monoisotopic (exact) mass is 202 g/mol. The van der Waals surface area contributed by atoms with E-state index in [1.807, 2.05) is 12.1 Å². The predicted molar refractivity (Wildman–Crippen MR) is 53.5 cm³/mol. The second-order valence-corrected chi connectivity index (χ2v) is 3.53. The largest absolute Gasteiger partial charge is 0.327 e. The van der Waals surface area contributed by atoms with E-state index in [0.717, 1.165) is 12.0 Å². The van der Waals surface area contributed by atoms with Gasteiger partial charge in [0.05, 0.1) is 10.0 Å². The van der Waals surface area contributed by atoms with Crippen LogP contribution in [0.2, 0.25) is 10.0 Å². The molecule has 0 spiro atoms. The quantitative estimate of drug-likeness (QED) is 0.785. The Morgan fingerprint density at radius 1 is 1.33 bits per heavy atom. The Balaban J connectivity index is 2.82. The molecule has 1 unspecified atom stereocenters. The van der Waals surface area contributed by atoms with E-state index in [1.54, 1.807) is 6.07 Å². The van der Waals surface area contributed by atoms with E-state index >= 15 is 0 Å². The van der Waals surface area contributed by atoms with Crippen molar-refractivity contribution >= 4 is 23.2 Å². The average Bonchev–Trinajstić information content (AvgIpc) is 1.96. The molecule has 1 rings (SSSR count). The molecule has 0 saturated carbocycles. The second kappa shape index (κ2) is 4.13. The number of benzene rings is 1. The Labute approximate surface area is 82.5 Å².